The molecule has 1 aliphatic heterocycles. The van der Waals surface area contributed by atoms with Crippen LogP contribution in [0.15, 0.2) is 22.5 Å². The van der Waals surface area contributed by atoms with Crippen LogP contribution in [0.4, 0.5) is 0 Å². The molecule has 2 heterocycles. The van der Waals surface area contributed by atoms with Crippen LogP contribution >= 0.6 is 23.1 Å². The summed E-state index contributed by atoms with van der Waals surface area (Å²) in [4.78, 5) is 6.23. The minimum absolute atomic E-state index is 0.233. The first kappa shape index (κ1) is 13.0. The zero-order chi connectivity index (χ0) is 12.3. The maximum atomic E-state index is 4.86. The van der Waals surface area contributed by atoms with E-state index >= 15 is 0 Å². The quantitative estimate of drug-likeness (QED) is 0.890. The van der Waals surface area contributed by atoms with Gasteiger partial charge in [-0.3, -0.25) is 4.99 Å². The molecule has 2 nitrogen and oxygen atoms in total. The molecule has 1 aromatic rings. The number of nitrogens with zero attached hydrogens (tertiary/aromatic N) is 1. The van der Waals surface area contributed by atoms with Crippen molar-refractivity contribution in [2.45, 2.75) is 45.2 Å². The van der Waals surface area contributed by atoms with Gasteiger partial charge in [-0.15, -0.1) is 11.3 Å². The minimum atomic E-state index is 0.233. The fourth-order valence-electron chi connectivity index (χ4n) is 1.80. The molecule has 1 fully saturated rings. The number of hydrogen-bond acceptors (Lipinski definition) is 3. The summed E-state index contributed by atoms with van der Waals surface area (Å²) in [5.41, 5.74) is 0.233. The van der Waals surface area contributed by atoms with E-state index < -0.39 is 0 Å². The standard InChI is InChI=1S/C13H20N2S2/c1-4-10(11-7-6-8-16-11)14-12-15-13(3,5-2)9-17-12/h6-8,10H,4-5,9H2,1-3H3,(H,14,15). The first-order chi connectivity index (χ1) is 8.17. The van der Waals surface area contributed by atoms with Gasteiger partial charge in [-0.05, 0) is 31.2 Å². The third-order valence-corrected chi connectivity index (χ3v) is 5.48. The van der Waals surface area contributed by atoms with Crippen LogP contribution < -0.4 is 5.32 Å². The molecule has 1 N–H and O–H groups in total. The zero-order valence-corrected chi connectivity index (χ0v) is 12.3. The highest BCUT2D eigenvalue weighted by molar-refractivity contribution is 8.14. The molecule has 4 heteroatoms. The summed E-state index contributed by atoms with van der Waals surface area (Å²) in [7, 11) is 0. The highest BCUT2D eigenvalue weighted by Gasteiger charge is 2.31. The predicted octanol–water partition coefficient (Wildman–Crippen LogP) is 4.06. The Hall–Kier alpha value is -0.480. The zero-order valence-electron chi connectivity index (χ0n) is 10.7. The lowest BCUT2D eigenvalue weighted by molar-refractivity contribution is 0.465. The number of thioether (sulfide) groups is 1. The molecule has 0 saturated carbocycles. The van der Waals surface area contributed by atoms with E-state index in [4.69, 9.17) is 4.99 Å². The van der Waals surface area contributed by atoms with E-state index in [1.54, 1.807) is 11.3 Å². The predicted molar refractivity (Wildman–Crippen MR) is 79.1 cm³/mol. The Bertz CT molecular complexity index is 386. The van der Waals surface area contributed by atoms with Gasteiger partial charge in [-0.2, -0.15) is 0 Å². The smallest absolute Gasteiger partial charge is 0.157 e. The van der Waals surface area contributed by atoms with Crippen molar-refractivity contribution < 1.29 is 0 Å². The molecule has 0 amide bonds. The summed E-state index contributed by atoms with van der Waals surface area (Å²) in [6.07, 6.45) is 2.21. The van der Waals surface area contributed by atoms with Crippen molar-refractivity contribution in [1.82, 2.24) is 5.32 Å². The molecule has 94 valence electrons. The van der Waals surface area contributed by atoms with Crippen molar-refractivity contribution in [1.29, 1.82) is 0 Å². The second-order valence-electron chi connectivity index (χ2n) is 4.70. The van der Waals surface area contributed by atoms with E-state index in [0.29, 0.717) is 6.04 Å². The number of rotatable bonds is 4. The molecule has 0 bridgehead atoms. The monoisotopic (exact) mass is 268 g/mol. The number of thiophene rings is 1. The topological polar surface area (TPSA) is 24.4 Å². The Morgan fingerprint density at radius 2 is 2.35 bits per heavy atom. The summed E-state index contributed by atoms with van der Waals surface area (Å²) in [5, 5.41) is 6.81. The number of hydrogen-bond donors (Lipinski definition) is 1. The Balaban J connectivity index is 2.09. The van der Waals surface area contributed by atoms with Crippen molar-refractivity contribution in [3.8, 4) is 0 Å². The number of amidine groups is 1. The van der Waals surface area contributed by atoms with Gasteiger partial charge in [0.25, 0.3) is 0 Å². The minimum Gasteiger partial charge on any atom is -0.359 e. The van der Waals surface area contributed by atoms with Crippen molar-refractivity contribution >= 4 is 28.3 Å². The SMILES string of the molecule is CCC(N=C1NC(C)(CC)CS1)c1cccs1. The lowest BCUT2D eigenvalue weighted by Crippen LogP contribution is -2.39. The summed E-state index contributed by atoms with van der Waals surface area (Å²) < 4.78 is 0. The highest BCUT2D eigenvalue weighted by Crippen LogP contribution is 2.30. The molecular formula is C13H20N2S2. The van der Waals surface area contributed by atoms with Crippen LogP contribution in [0.1, 0.15) is 44.5 Å². The first-order valence-corrected chi connectivity index (χ1v) is 8.05. The van der Waals surface area contributed by atoms with Crippen molar-refractivity contribution in [3.05, 3.63) is 22.4 Å². The van der Waals surface area contributed by atoms with Gasteiger partial charge < -0.3 is 5.32 Å². The van der Waals surface area contributed by atoms with E-state index in [1.165, 1.54) is 4.88 Å². The lowest BCUT2D eigenvalue weighted by Gasteiger charge is -2.21. The second kappa shape index (κ2) is 5.44. The van der Waals surface area contributed by atoms with E-state index in [2.05, 4.69) is 43.6 Å². The summed E-state index contributed by atoms with van der Waals surface area (Å²) >= 11 is 3.66. The average Bonchev–Trinajstić information content (AvgIpc) is 2.96. The van der Waals surface area contributed by atoms with Crippen LogP contribution in [0, 0.1) is 0 Å². The molecule has 0 aliphatic carbocycles. The van der Waals surface area contributed by atoms with Crippen molar-refractivity contribution in [3.63, 3.8) is 0 Å². The molecule has 0 radical (unpaired) electrons. The van der Waals surface area contributed by atoms with Gasteiger partial charge in [-0.1, -0.05) is 31.7 Å². The fourth-order valence-corrected chi connectivity index (χ4v) is 3.90. The van der Waals surface area contributed by atoms with Crippen LogP contribution in [0.5, 0.6) is 0 Å². The van der Waals surface area contributed by atoms with Crippen LogP contribution in [0.25, 0.3) is 0 Å². The Labute approximate surface area is 112 Å². The summed E-state index contributed by atoms with van der Waals surface area (Å²) in [5.74, 6) is 1.13. The third-order valence-electron chi connectivity index (χ3n) is 3.25. The first-order valence-electron chi connectivity index (χ1n) is 6.19. The lowest BCUT2D eigenvalue weighted by atomic mass is 10.0. The van der Waals surface area contributed by atoms with Gasteiger partial charge in [0.15, 0.2) is 5.17 Å². The highest BCUT2D eigenvalue weighted by atomic mass is 32.2. The van der Waals surface area contributed by atoms with Gasteiger partial charge in [0.05, 0.1) is 6.04 Å². The molecule has 0 aromatic carbocycles. The van der Waals surface area contributed by atoms with Crippen molar-refractivity contribution in [2.24, 2.45) is 4.99 Å². The average molecular weight is 268 g/mol. The molecule has 2 rings (SSSR count). The fraction of sp³-hybridized carbons (Fsp3) is 0.615. The van der Waals surface area contributed by atoms with Crippen LogP contribution in [-0.4, -0.2) is 16.5 Å². The normalized spacial score (nSPS) is 28.3. The maximum Gasteiger partial charge on any atom is 0.157 e. The van der Waals surface area contributed by atoms with Gasteiger partial charge in [0.2, 0.25) is 0 Å². The van der Waals surface area contributed by atoms with Gasteiger partial charge in [0.1, 0.15) is 0 Å². The molecule has 1 saturated heterocycles. The Morgan fingerprint density at radius 1 is 1.53 bits per heavy atom. The van der Waals surface area contributed by atoms with Crippen LogP contribution in [0.3, 0.4) is 0 Å². The van der Waals surface area contributed by atoms with E-state index in [1.807, 2.05) is 11.8 Å². The molecule has 2 atom stereocenters. The Morgan fingerprint density at radius 3 is 2.88 bits per heavy atom. The molecule has 0 spiro atoms. The van der Waals surface area contributed by atoms with Gasteiger partial charge in [0, 0.05) is 16.2 Å². The van der Waals surface area contributed by atoms with E-state index in [9.17, 15) is 0 Å². The van der Waals surface area contributed by atoms with E-state index in [0.717, 1.165) is 23.8 Å². The van der Waals surface area contributed by atoms with Crippen molar-refractivity contribution in [2.75, 3.05) is 5.75 Å². The molecule has 2 unspecified atom stereocenters. The Kier molecular flexibility index (Phi) is 4.15. The maximum absolute atomic E-state index is 4.86. The molecule has 1 aliphatic rings. The van der Waals surface area contributed by atoms with Gasteiger partial charge in [-0.25, -0.2) is 0 Å². The summed E-state index contributed by atoms with van der Waals surface area (Å²) in [6, 6.07) is 4.61. The van der Waals surface area contributed by atoms with Crippen LogP contribution in [-0.2, 0) is 0 Å². The second-order valence-corrected chi connectivity index (χ2v) is 6.64. The summed E-state index contributed by atoms with van der Waals surface area (Å²) in [6.45, 7) is 6.70. The van der Waals surface area contributed by atoms with E-state index in [-0.39, 0.29) is 5.54 Å². The molecular weight excluding hydrogens is 248 g/mol. The largest absolute Gasteiger partial charge is 0.359 e. The molecule has 17 heavy (non-hydrogen) atoms. The van der Waals surface area contributed by atoms with Gasteiger partial charge >= 0.3 is 0 Å². The number of aliphatic imine (C=N–C) groups is 1. The number of nitrogens with one attached hydrogen (secondary N) is 1. The van der Waals surface area contributed by atoms with Crippen LogP contribution in [0.2, 0.25) is 0 Å². The molecule has 1 aromatic heterocycles. The third kappa shape index (κ3) is 3.05.